The Morgan fingerprint density at radius 2 is 1.76 bits per heavy atom. The Labute approximate surface area is 147 Å². The molecule has 1 aromatic heterocycles. The fourth-order valence-corrected chi connectivity index (χ4v) is 4.06. The highest BCUT2D eigenvalue weighted by molar-refractivity contribution is 5.83. The van der Waals surface area contributed by atoms with E-state index in [0.29, 0.717) is 0 Å². The minimum atomic E-state index is -0.224. The predicted molar refractivity (Wildman–Crippen MR) is 94.4 cm³/mol. The van der Waals surface area contributed by atoms with Crippen LogP contribution >= 0.6 is 0 Å². The van der Waals surface area contributed by atoms with Gasteiger partial charge in [0.2, 0.25) is 5.91 Å². The van der Waals surface area contributed by atoms with Gasteiger partial charge in [0.1, 0.15) is 5.82 Å². The molecule has 0 N–H and O–H groups in total. The molecule has 1 saturated carbocycles. The fraction of sp³-hybridized carbons (Fsp3) is 0.429. The number of halogens is 1. The second-order valence-corrected chi connectivity index (χ2v) is 7.18. The number of pyridine rings is 1. The molecule has 2 fully saturated rings. The monoisotopic (exact) mass is 338 g/mol. The lowest BCUT2D eigenvalue weighted by atomic mass is 10.0. The van der Waals surface area contributed by atoms with Crippen molar-refractivity contribution in [3.8, 4) is 0 Å². The van der Waals surface area contributed by atoms with E-state index in [1.54, 1.807) is 12.4 Å². The molecule has 1 amide bonds. The van der Waals surface area contributed by atoms with E-state index in [0.717, 1.165) is 37.8 Å². The van der Waals surface area contributed by atoms with Crippen LogP contribution in [0.4, 0.5) is 4.39 Å². The largest absolute Gasteiger partial charge is 0.335 e. The number of amides is 1. The van der Waals surface area contributed by atoms with Gasteiger partial charge in [-0.15, -0.1) is 0 Å². The summed E-state index contributed by atoms with van der Waals surface area (Å²) < 4.78 is 13.1. The average Bonchev–Trinajstić information content (AvgIpc) is 3.46. The maximum atomic E-state index is 13.2. The predicted octanol–water partition coefficient (Wildman–Crippen LogP) is 4.47. The summed E-state index contributed by atoms with van der Waals surface area (Å²) in [7, 11) is 0. The quantitative estimate of drug-likeness (QED) is 0.827. The van der Waals surface area contributed by atoms with Crippen molar-refractivity contribution < 1.29 is 9.18 Å². The van der Waals surface area contributed by atoms with Gasteiger partial charge in [-0.2, -0.15) is 0 Å². The van der Waals surface area contributed by atoms with E-state index in [-0.39, 0.29) is 29.6 Å². The van der Waals surface area contributed by atoms with Crippen molar-refractivity contribution in [3.63, 3.8) is 0 Å². The molecule has 3 nitrogen and oxygen atoms in total. The van der Waals surface area contributed by atoms with E-state index in [1.165, 1.54) is 24.1 Å². The van der Waals surface area contributed by atoms with Crippen LogP contribution < -0.4 is 0 Å². The highest BCUT2D eigenvalue weighted by Crippen LogP contribution is 2.49. The molecule has 4 rings (SSSR count). The Kier molecular flexibility index (Phi) is 4.51. The van der Waals surface area contributed by atoms with Gasteiger partial charge in [0, 0.05) is 24.9 Å². The molecule has 2 aliphatic rings. The molecule has 0 spiro atoms. The van der Waals surface area contributed by atoms with E-state index >= 15 is 0 Å². The van der Waals surface area contributed by atoms with Gasteiger partial charge >= 0.3 is 0 Å². The lowest BCUT2D eigenvalue weighted by Crippen LogP contribution is -2.36. The zero-order chi connectivity index (χ0) is 17.2. The lowest BCUT2D eigenvalue weighted by Gasteiger charge is -2.31. The molecule has 4 heteroatoms. The van der Waals surface area contributed by atoms with Crippen LogP contribution in [0.3, 0.4) is 0 Å². The normalized spacial score (nSPS) is 26.1. The van der Waals surface area contributed by atoms with Crippen molar-refractivity contribution in [2.75, 3.05) is 6.54 Å². The van der Waals surface area contributed by atoms with E-state index < -0.39 is 0 Å². The third-order valence-corrected chi connectivity index (χ3v) is 5.53. The number of carbonyl (C=O) groups is 1. The number of aromatic nitrogens is 1. The van der Waals surface area contributed by atoms with Gasteiger partial charge in [-0.3, -0.25) is 9.78 Å². The van der Waals surface area contributed by atoms with Crippen LogP contribution in [0.15, 0.2) is 48.8 Å². The van der Waals surface area contributed by atoms with Crippen molar-refractivity contribution in [2.24, 2.45) is 5.92 Å². The first-order valence-electron chi connectivity index (χ1n) is 9.20. The van der Waals surface area contributed by atoms with Crippen molar-refractivity contribution in [3.05, 3.63) is 65.7 Å². The number of hydrogen-bond acceptors (Lipinski definition) is 2. The van der Waals surface area contributed by atoms with Crippen molar-refractivity contribution in [1.29, 1.82) is 0 Å². The van der Waals surface area contributed by atoms with Gasteiger partial charge in [0.25, 0.3) is 0 Å². The maximum absolute atomic E-state index is 13.2. The minimum Gasteiger partial charge on any atom is -0.335 e. The molecule has 0 bridgehead atoms. The van der Waals surface area contributed by atoms with Crippen molar-refractivity contribution in [2.45, 2.75) is 44.1 Å². The smallest absolute Gasteiger partial charge is 0.226 e. The van der Waals surface area contributed by atoms with Crippen LogP contribution in [0.1, 0.15) is 55.2 Å². The SMILES string of the molecule is O=C([C@@H]1C[C@@H]1c1ccc(F)cc1)N1CCCCC[C@H]1c1ccncc1. The fourth-order valence-electron chi connectivity index (χ4n) is 4.06. The van der Waals surface area contributed by atoms with E-state index in [1.807, 2.05) is 24.3 Å². The first kappa shape index (κ1) is 16.2. The van der Waals surface area contributed by atoms with E-state index in [2.05, 4.69) is 9.88 Å². The van der Waals surface area contributed by atoms with E-state index in [9.17, 15) is 9.18 Å². The number of likely N-dealkylation sites (tertiary alicyclic amines) is 1. The van der Waals surface area contributed by atoms with Crippen LogP contribution in [0.5, 0.6) is 0 Å². The van der Waals surface area contributed by atoms with Gasteiger partial charge in [-0.1, -0.05) is 25.0 Å². The number of nitrogens with zero attached hydrogens (tertiary/aromatic N) is 2. The summed E-state index contributed by atoms with van der Waals surface area (Å²) in [5.41, 5.74) is 2.26. The zero-order valence-electron chi connectivity index (χ0n) is 14.3. The Bertz CT molecular complexity index is 731. The topological polar surface area (TPSA) is 33.2 Å². The molecule has 0 radical (unpaired) electrons. The molecule has 25 heavy (non-hydrogen) atoms. The van der Waals surface area contributed by atoms with Gasteiger partial charge in [0.05, 0.1) is 6.04 Å². The van der Waals surface area contributed by atoms with Crippen molar-refractivity contribution in [1.82, 2.24) is 9.88 Å². The Morgan fingerprint density at radius 1 is 1.00 bits per heavy atom. The molecule has 1 aliphatic carbocycles. The molecule has 1 aliphatic heterocycles. The van der Waals surface area contributed by atoms with Crippen LogP contribution in [0.2, 0.25) is 0 Å². The summed E-state index contributed by atoms with van der Waals surface area (Å²) in [4.78, 5) is 19.4. The maximum Gasteiger partial charge on any atom is 0.226 e. The van der Waals surface area contributed by atoms with E-state index in [4.69, 9.17) is 0 Å². The molecule has 0 unspecified atom stereocenters. The summed E-state index contributed by atoms with van der Waals surface area (Å²) in [6.07, 6.45) is 8.91. The molecular weight excluding hydrogens is 315 g/mol. The van der Waals surface area contributed by atoms with Crippen LogP contribution in [0, 0.1) is 11.7 Å². The van der Waals surface area contributed by atoms with Crippen LogP contribution in [-0.4, -0.2) is 22.3 Å². The molecule has 2 aromatic rings. The van der Waals surface area contributed by atoms with Gasteiger partial charge in [-0.05, 0) is 60.6 Å². The third kappa shape index (κ3) is 3.44. The van der Waals surface area contributed by atoms with Crippen LogP contribution in [-0.2, 0) is 4.79 Å². The highest BCUT2D eigenvalue weighted by Gasteiger charge is 2.47. The average molecular weight is 338 g/mol. The van der Waals surface area contributed by atoms with Gasteiger partial charge in [0.15, 0.2) is 0 Å². The second-order valence-electron chi connectivity index (χ2n) is 7.18. The number of carbonyl (C=O) groups excluding carboxylic acids is 1. The Morgan fingerprint density at radius 3 is 2.52 bits per heavy atom. The summed E-state index contributed by atoms with van der Waals surface area (Å²) >= 11 is 0. The summed E-state index contributed by atoms with van der Waals surface area (Å²) in [6, 6.07) is 10.8. The Hall–Kier alpha value is -2.23. The number of hydrogen-bond donors (Lipinski definition) is 0. The molecule has 130 valence electrons. The van der Waals surface area contributed by atoms with Gasteiger partial charge in [-0.25, -0.2) is 4.39 Å². The first-order valence-corrected chi connectivity index (χ1v) is 9.20. The van der Waals surface area contributed by atoms with Gasteiger partial charge < -0.3 is 4.90 Å². The molecule has 1 aromatic carbocycles. The van der Waals surface area contributed by atoms with Crippen LogP contribution in [0.25, 0.3) is 0 Å². The molecule has 2 heterocycles. The lowest BCUT2D eigenvalue weighted by molar-refractivity contribution is -0.135. The first-order chi connectivity index (χ1) is 12.2. The minimum absolute atomic E-state index is 0.0490. The summed E-state index contributed by atoms with van der Waals surface area (Å²) in [5.74, 6) is 0.331. The second kappa shape index (κ2) is 6.95. The summed E-state index contributed by atoms with van der Waals surface area (Å²) in [6.45, 7) is 0.832. The standard InChI is InChI=1S/C21H23FN2O/c22-17-7-5-15(6-8-17)18-14-19(18)21(25)24-13-3-1-2-4-20(24)16-9-11-23-12-10-16/h5-12,18-20H,1-4,13-14H2/t18-,19-,20+/m1/s1. The molecular formula is C21H23FN2O. The molecule has 3 atom stereocenters. The highest BCUT2D eigenvalue weighted by atomic mass is 19.1. The third-order valence-electron chi connectivity index (χ3n) is 5.53. The zero-order valence-corrected chi connectivity index (χ0v) is 14.3. The number of benzene rings is 1. The van der Waals surface area contributed by atoms with Crippen molar-refractivity contribution >= 4 is 5.91 Å². The Balaban J connectivity index is 1.52. The summed E-state index contributed by atoms with van der Waals surface area (Å²) in [5, 5.41) is 0. The molecule has 1 saturated heterocycles. The number of rotatable bonds is 3.